The van der Waals surface area contributed by atoms with Gasteiger partial charge in [0.25, 0.3) is 0 Å². The van der Waals surface area contributed by atoms with Crippen LogP contribution in [-0.4, -0.2) is 24.4 Å². The summed E-state index contributed by atoms with van der Waals surface area (Å²) in [5, 5.41) is 19.8. The Balaban J connectivity index is 1.23. The van der Waals surface area contributed by atoms with Crippen molar-refractivity contribution in [3.8, 4) is 22.6 Å². The van der Waals surface area contributed by atoms with E-state index >= 15 is 0 Å². The molecule has 298 valence electrons. The second-order valence-corrected chi connectivity index (χ2v) is 16.7. The fourth-order valence-electron chi connectivity index (χ4n) is 9.91. The number of nitrogens with zero attached hydrogens (tertiary/aromatic N) is 2. The highest BCUT2D eigenvalue weighted by atomic mass is 16.5. The van der Waals surface area contributed by atoms with Gasteiger partial charge < -0.3 is 29.5 Å². The number of benzene rings is 6. The molecule has 0 fully saturated rings. The molecule has 2 unspecified atom stereocenters. The molecule has 6 heteroatoms. The predicted molar refractivity (Wildman–Crippen MR) is 237 cm³/mol. The summed E-state index contributed by atoms with van der Waals surface area (Å²) in [6.07, 6.45) is 3.79. The van der Waals surface area contributed by atoms with E-state index in [2.05, 4.69) is 148 Å². The molecule has 2 N–H and O–H groups in total. The first-order valence-corrected chi connectivity index (χ1v) is 20.7. The Hall–Kier alpha value is -5.56. The van der Waals surface area contributed by atoms with Gasteiger partial charge in [-0.25, -0.2) is 0 Å². The van der Waals surface area contributed by atoms with Gasteiger partial charge >= 0.3 is 0 Å². The lowest BCUT2D eigenvalue weighted by atomic mass is 9.65. The molecule has 0 radical (unpaired) electrons. The highest BCUT2D eigenvalue weighted by molar-refractivity contribution is 5.84. The normalized spacial score (nSPS) is 17.0. The summed E-state index contributed by atoms with van der Waals surface area (Å²) >= 11 is 0. The minimum absolute atomic E-state index is 0.00195. The second kappa shape index (κ2) is 15.3. The summed E-state index contributed by atoms with van der Waals surface area (Å²) in [6, 6.07) is 45.6. The minimum atomic E-state index is -0.408. The third-order valence-electron chi connectivity index (χ3n) is 13.2. The van der Waals surface area contributed by atoms with Crippen LogP contribution in [0.25, 0.3) is 11.1 Å². The van der Waals surface area contributed by atoms with Gasteiger partial charge in [-0.2, -0.15) is 0 Å². The van der Waals surface area contributed by atoms with Gasteiger partial charge in [-0.15, -0.1) is 0 Å². The fourth-order valence-corrected chi connectivity index (χ4v) is 9.91. The quantitative estimate of drug-likeness (QED) is 0.115. The molecule has 2 aliphatic rings. The first-order valence-electron chi connectivity index (χ1n) is 20.7. The standard InChI is InChI=1S/C52H56N2O4/c1-8-28-51(5,53(39-15-10-35(33-55)11-16-39)40-17-12-36(34-56)13-18-40)38-14-27-45-46-29-37-32-52(9-2,47(37)31-49(46)50(3,4)48(45)30-38)54(41-19-23-43(57-6)24-20-41)42-21-25-44(58-7)26-22-42/h10-27,29-31,55-56H,8-9,28,32-34H2,1-7H3. The molecule has 6 aromatic rings. The first-order chi connectivity index (χ1) is 28.0. The van der Waals surface area contributed by atoms with Gasteiger partial charge in [0.05, 0.1) is 38.5 Å². The average Bonchev–Trinajstić information content (AvgIpc) is 3.47. The lowest BCUT2D eigenvalue weighted by molar-refractivity contribution is 0.281. The zero-order valence-corrected chi connectivity index (χ0v) is 35.0. The molecule has 2 aliphatic carbocycles. The van der Waals surface area contributed by atoms with E-state index in [9.17, 15) is 10.2 Å². The molecule has 6 aromatic carbocycles. The van der Waals surface area contributed by atoms with Crippen LogP contribution in [0.2, 0.25) is 0 Å². The smallest absolute Gasteiger partial charge is 0.119 e. The molecule has 0 saturated carbocycles. The van der Waals surface area contributed by atoms with Crippen LogP contribution in [0.1, 0.15) is 92.8 Å². The van der Waals surface area contributed by atoms with E-state index in [0.717, 1.165) is 71.1 Å². The fraction of sp³-hybridized carbons (Fsp3) is 0.308. The van der Waals surface area contributed by atoms with Crippen molar-refractivity contribution in [1.29, 1.82) is 0 Å². The summed E-state index contributed by atoms with van der Waals surface area (Å²) in [7, 11) is 3.43. The molecule has 6 nitrogen and oxygen atoms in total. The van der Waals surface area contributed by atoms with Crippen molar-refractivity contribution in [1.82, 2.24) is 0 Å². The summed E-state index contributed by atoms with van der Waals surface area (Å²) in [5.41, 5.74) is 14.7. The molecule has 8 rings (SSSR count). The van der Waals surface area contributed by atoms with Gasteiger partial charge in [-0.1, -0.05) is 88.7 Å². The van der Waals surface area contributed by atoms with Gasteiger partial charge in [0, 0.05) is 34.6 Å². The van der Waals surface area contributed by atoms with E-state index in [-0.39, 0.29) is 24.2 Å². The lowest BCUT2D eigenvalue weighted by Crippen LogP contribution is -2.51. The molecule has 2 atom stereocenters. The third-order valence-corrected chi connectivity index (χ3v) is 13.2. The number of ether oxygens (including phenoxy) is 2. The van der Waals surface area contributed by atoms with Crippen molar-refractivity contribution in [3.05, 3.63) is 166 Å². The van der Waals surface area contributed by atoms with Gasteiger partial charge in [0.1, 0.15) is 11.5 Å². The molecule has 0 aromatic heterocycles. The van der Waals surface area contributed by atoms with Crippen LogP contribution < -0.4 is 19.3 Å². The molecule has 0 saturated heterocycles. The molecule has 0 amide bonds. The molecule has 0 spiro atoms. The van der Waals surface area contributed by atoms with E-state index in [1.54, 1.807) is 14.2 Å². The Labute approximate surface area is 344 Å². The highest BCUT2D eigenvalue weighted by Gasteiger charge is 2.50. The van der Waals surface area contributed by atoms with Crippen molar-refractivity contribution >= 4 is 22.7 Å². The second-order valence-electron chi connectivity index (χ2n) is 16.7. The Bertz CT molecular complexity index is 2310. The van der Waals surface area contributed by atoms with Crippen molar-refractivity contribution in [2.45, 2.75) is 90.0 Å². The first kappa shape index (κ1) is 39.3. The van der Waals surface area contributed by atoms with E-state index in [0.29, 0.717) is 0 Å². The number of rotatable bonds is 14. The van der Waals surface area contributed by atoms with Crippen molar-refractivity contribution in [3.63, 3.8) is 0 Å². The number of aliphatic hydroxyl groups is 2. The molecule has 0 bridgehead atoms. The number of aliphatic hydroxyl groups excluding tert-OH is 2. The number of anilines is 4. The van der Waals surface area contributed by atoms with E-state index < -0.39 is 5.54 Å². The van der Waals surface area contributed by atoms with Crippen LogP contribution in [-0.2, 0) is 36.1 Å². The predicted octanol–water partition coefficient (Wildman–Crippen LogP) is 11.8. The zero-order valence-electron chi connectivity index (χ0n) is 35.0. The molecule has 0 aliphatic heterocycles. The van der Waals surface area contributed by atoms with Gasteiger partial charge in [0.15, 0.2) is 0 Å². The maximum Gasteiger partial charge on any atom is 0.119 e. The summed E-state index contributed by atoms with van der Waals surface area (Å²) in [4.78, 5) is 4.97. The highest BCUT2D eigenvalue weighted by Crippen LogP contribution is 2.58. The molecular formula is C52H56N2O4. The lowest BCUT2D eigenvalue weighted by Gasteiger charge is -2.53. The van der Waals surface area contributed by atoms with Crippen LogP contribution in [0.3, 0.4) is 0 Å². The number of hydrogen-bond donors (Lipinski definition) is 2. The number of hydrogen-bond acceptors (Lipinski definition) is 6. The van der Waals surface area contributed by atoms with Crippen LogP contribution in [0.5, 0.6) is 11.5 Å². The Morgan fingerprint density at radius 1 is 0.603 bits per heavy atom. The Kier molecular flexibility index (Phi) is 10.4. The average molecular weight is 773 g/mol. The van der Waals surface area contributed by atoms with Gasteiger partial charge in [-0.05, 0) is 143 Å². The number of fused-ring (bicyclic) bond motifs is 4. The summed E-state index contributed by atoms with van der Waals surface area (Å²) in [6.45, 7) is 11.7. The maximum atomic E-state index is 9.88. The van der Waals surface area contributed by atoms with Crippen molar-refractivity contribution in [2.24, 2.45) is 0 Å². The summed E-state index contributed by atoms with van der Waals surface area (Å²) < 4.78 is 11.1. The Morgan fingerprint density at radius 3 is 1.57 bits per heavy atom. The van der Waals surface area contributed by atoms with Crippen molar-refractivity contribution < 1.29 is 19.7 Å². The van der Waals surface area contributed by atoms with Crippen LogP contribution in [0, 0.1) is 0 Å². The molecular weight excluding hydrogens is 717 g/mol. The molecule has 0 heterocycles. The van der Waals surface area contributed by atoms with E-state index in [1.807, 2.05) is 24.3 Å². The van der Waals surface area contributed by atoms with Crippen molar-refractivity contribution in [2.75, 3.05) is 24.0 Å². The molecule has 58 heavy (non-hydrogen) atoms. The van der Waals surface area contributed by atoms with Crippen LogP contribution in [0.4, 0.5) is 22.7 Å². The third kappa shape index (κ3) is 6.34. The Morgan fingerprint density at radius 2 is 1.10 bits per heavy atom. The van der Waals surface area contributed by atoms with Gasteiger partial charge in [-0.3, -0.25) is 0 Å². The van der Waals surface area contributed by atoms with Crippen LogP contribution >= 0.6 is 0 Å². The maximum absolute atomic E-state index is 9.88. The largest absolute Gasteiger partial charge is 0.497 e. The topological polar surface area (TPSA) is 65.4 Å². The zero-order chi connectivity index (χ0) is 40.8. The minimum Gasteiger partial charge on any atom is -0.497 e. The summed E-state index contributed by atoms with van der Waals surface area (Å²) in [5.74, 6) is 1.68. The monoisotopic (exact) mass is 772 g/mol. The SMILES string of the molecule is CCCC(C)(c1ccc2c(c1)C(C)(C)c1cc3c(cc1-2)CC3(CC)N(c1ccc(OC)cc1)c1ccc(OC)cc1)N(c1ccc(CO)cc1)c1ccc(CO)cc1. The number of methoxy groups -OCH3 is 2. The van der Waals surface area contributed by atoms with Crippen LogP contribution in [0.15, 0.2) is 127 Å². The van der Waals surface area contributed by atoms with E-state index in [4.69, 9.17) is 9.47 Å². The van der Waals surface area contributed by atoms with E-state index in [1.165, 1.54) is 38.9 Å². The van der Waals surface area contributed by atoms with Gasteiger partial charge in [0.2, 0.25) is 0 Å².